The molecule has 0 aliphatic heterocycles. The standard InChI is InChI=1S/C12H24N2S/c1-3-5-7-10(6-4-2)13-12(15)14-11-8-9-11/h10-11H,3-9H2,1-2H3,(H2,13,14,15). The third-order valence-corrected chi connectivity index (χ3v) is 3.03. The summed E-state index contributed by atoms with van der Waals surface area (Å²) in [6, 6.07) is 1.24. The number of rotatable bonds is 7. The number of nitrogens with one attached hydrogen (secondary N) is 2. The summed E-state index contributed by atoms with van der Waals surface area (Å²) in [4.78, 5) is 0. The van der Waals surface area contributed by atoms with Crippen molar-refractivity contribution in [3.63, 3.8) is 0 Å². The summed E-state index contributed by atoms with van der Waals surface area (Å²) in [5, 5.41) is 7.65. The van der Waals surface area contributed by atoms with Gasteiger partial charge in [0, 0.05) is 12.1 Å². The molecular weight excluding hydrogens is 204 g/mol. The van der Waals surface area contributed by atoms with Crippen molar-refractivity contribution in [2.24, 2.45) is 0 Å². The summed E-state index contributed by atoms with van der Waals surface area (Å²) in [5.41, 5.74) is 0. The molecule has 0 saturated heterocycles. The predicted octanol–water partition coefficient (Wildman–Crippen LogP) is 2.97. The van der Waals surface area contributed by atoms with Crippen LogP contribution in [0.15, 0.2) is 0 Å². The molecule has 0 radical (unpaired) electrons. The predicted molar refractivity (Wildman–Crippen MR) is 70.1 cm³/mol. The van der Waals surface area contributed by atoms with E-state index in [0.29, 0.717) is 12.1 Å². The van der Waals surface area contributed by atoms with Crippen LogP contribution in [0.1, 0.15) is 58.8 Å². The SMILES string of the molecule is CCCCC(CCC)NC(=S)NC1CC1. The Bertz CT molecular complexity index is 190. The number of hydrogen-bond donors (Lipinski definition) is 2. The van der Waals surface area contributed by atoms with Crippen LogP contribution >= 0.6 is 12.2 Å². The van der Waals surface area contributed by atoms with Gasteiger partial charge in [-0.05, 0) is 37.9 Å². The largest absolute Gasteiger partial charge is 0.360 e. The summed E-state index contributed by atoms with van der Waals surface area (Å²) < 4.78 is 0. The molecule has 0 aromatic heterocycles. The molecular formula is C12H24N2S. The molecule has 0 heterocycles. The lowest BCUT2D eigenvalue weighted by atomic mass is 10.1. The van der Waals surface area contributed by atoms with Crippen LogP contribution in [0.3, 0.4) is 0 Å². The number of thiocarbonyl (C=S) groups is 1. The van der Waals surface area contributed by atoms with Crippen LogP contribution in [0.25, 0.3) is 0 Å². The summed E-state index contributed by atoms with van der Waals surface area (Å²) in [6.07, 6.45) is 8.84. The van der Waals surface area contributed by atoms with Gasteiger partial charge in [-0.1, -0.05) is 33.1 Å². The smallest absolute Gasteiger partial charge is 0.166 e. The summed E-state index contributed by atoms with van der Waals surface area (Å²) >= 11 is 5.29. The quantitative estimate of drug-likeness (QED) is 0.655. The normalized spacial score (nSPS) is 17.2. The first kappa shape index (κ1) is 12.8. The van der Waals surface area contributed by atoms with Crippen LogP contribution < -0.4 is 10.6 Å². The lowest BCUT2D eigenvalue weighted by Gasteiger charge is -2.20. The van der Waals surface area contributed by atoms with E-state index in [1.54, 1.807) is 0 Å². The molecule has 15 heavy (non-hydrogen) atoms. The van der Waals surface area contributed by atoms with E-state index in [-0.39, 0.29) is 0 Å². The van der Waals surface area contributed by atoms with Crippen molar-refractivity contribution in [2.45, 2.75) is 70.9 Å². The molecule has 1 aliphatic carbocycles. The lowest BCUT2D eigenvalue weighted by Crippen LogP contribution is -2.42. The first-order valence-corrected chi connectivity index (χ1v) is 6.74. The Kier molecular flexibility index (Phi) is 5.99. The average Bonchev–Trinajstić information content (AvgIpc) is 2.98. The zero-order valence-electron chi connectivity index (χ0n) is 10.0. The summed E-state index contributed by atoms with van der Waals surface area (Å²) in [6.45, 7) is 4.47. The van der Waals surface area contributed by atoms with Crippen molar-refractivity contribution in [1.82, 2.24) is 10.6 Å². The van der Waals surface area contributed by atoms with Gasteiger partial charge >= 0.3 is 0 Å². The molecule has 0 aromatic rings. The van der Waals surface area contributed by atoms with Gasteiger partial charge in [0.1, 0.15) is 0 Å². The summed E-state index contributed by atoms with van der Waals surface area (Å²) in [7, 11) is 0. The Morgan fingerprint density at radius 3 is 2.53 bits per heavy atom. The Hall–Kier alpha value is -0.310. The highest BCUT2D eigenvalue weighted by atomic mass is 32.1. The molecule has 1 fully saturated rings. The van der Waals surface area contributed by atoms with Crippen molar-refractivity contribution in [3.8, 4) is 0 Å². The topological polar surface area (TPSA) is 24.1 Å². The van der Waals surface area contributed by atoms with E-state index in [9.17, 15) is 0 Å². The van der Waals surface area contributed by atoms with Crippen molar-refractivity contribution < 1.29 is 0 Å². The van der Waals surface area contributed by atoms with Crippen LogP contribution in [0, 0.1) is 0 Å². The molecule has 1 saturated carbocycles. The molecule has 0 bridgehead atoms. The Labute approximate surface area is 99.2 Å². The van der Waals surface area contributed by atoms with Gasteiger partial charge in [-0.15, -0.1) is 0 Å². The van der Waals surface area contributed by atoms with Gasteiger partial charge in [0.2, 0.25) is 0 Å². The van der Waals surface area contributed by atoms with Gasteiger partial charge in [0.15, 0.2) is 5.11 Å². The van der Waals surface area contributed by atoms with Gasteiger partial charge in [-0.25, -0.2) is 0 Å². The Morgan fingerprint density at radius 2 is 2.00 bits per heavy atom. The molecule has 2 N–H and O–H groups in total. The fourth-order valence-electron chi connectivity index (χ4n) is 1.73. The van der Waals surface area contributed by atoms with E-state index in [1.165, 1.54) is 44.9 Å². The molecule has 0 spiro atoms. The molecule has 88 valence electrons. The van der Waals surface area contributed by atoms with Crippen molar-refractivity contribution in [2.75, 3.05) is 0 Å². The maximum atomic E-state index is 5.29. The maximum absolute atomic E-state index is 5.29. The molecule has 1 unspecified atom stereocenters. The van der Waals surface area contributed by atoms with E-state index >= 15 is 0 Å². The van der Waals surface area contributed by atoms with E-state index in [2.05, 4.69) is 24.5 Å². The van der Waals surface area contributed by atoms with Crippen LogP contribution in [-0.4, -0.2) is 17.2 Å². The highest BCUT2D eigenvalue weighted by Gasteiger charge is 2.22. The second kappa shape index (κ2) is 7.04. The van der Waals surface area contributed by atoms with Crippen molar-refractivity contribution in [3.05, 3.63) is 0 Å². The maximum Gasteiger partial charge on any atom is 0.166 e. The second-order valence-electron chi connectivity index (χ2n) is 4.52. The molecule has 1 atom stereocenters. The minimum absolute atomic E-state index is 0.577. The third kappa shape index (κ3) is 5.98. The van der Waals surface area contributed by atoms with Crippen LogP contribution in [0.4, 0.5) is 0 Å². The average molecular weight is 228 g/mol. The minimum Gasteiger partial charge on any atom is -0.360 e. The fraction of sp³-hybridized carbons (Fsp3) is 0.917. The van der Waals surface area contributed by atoms with E-state index in [4.69, 9.17) is 12.2 Å². The minimum atomic E-state index is 0.577. The monoisotopic (exact) mass is 228 g/mol. The van der Waals surface area contributed by atoms with E-state index in [0.717, 1.165) is 5.11 Å². The third-order valence-electron chi connectivity index (χ3n) is 2.79. The Balaban J connectivity index is 2.18. The molecule has 0 amide bonds. The first-order valence-electron chi connectivity index (χ1n) is 6.33. The van der Waals surface area contributed by atoms with E-state index in [1.807, 2.05) is 0 Å². The van der Waals surface area contributed by atoms with Gasteiger partial charge in [0.25, 0.3) is 0 Å². The van der Waals surface area contributed by atoms with Crippen molar-refractivity contribution >= 4 is 17.3 Å². The van der Waals surface area contributed by atoms with Crippen molar-refractivity contribution in [1.29, 1.82) is 0 Å². The number of hydrogen-bond acceptors (Lipinski definition) is 1. The highest BCUT2D eigenvalue weighted by molar-refractivity contribution is 7.80. The lowest BCUT2D eigenvalue weighted by molar-refractivity contribution is 0.492. The first-order chi connectivity index (χ1) is 7.26. The van der Waals surface area contributed by atoms with Gasteiger partial charge in [-0.3, -0.25) is 0 Å². The van der Waals surface area contributed by atoms with Crippen LogP contribution in [0.2, 0.25) is 0 Å². The molecule has 1 aliphatic rings. The van der Waals surface area contributed by atoms with Crippen LogP contribution in [0.5, 0.6) is 0 Å². The van der Waals surface area contributed by atoms with E-state index < -0.39 is 0 Å². The second-order valence-corrected chi connectivity index (χ2v) is 4.93. The van der Waals surface area contributed by atoms with Crippen LogP contribution in [-0.2, 0) is 0 Å². The zero-order valence-corrected chi connectivity index (χ0v) is 10.8. The number of unbranched alkanes of at least 4 members (excludes halogenated alkanes) is 1. The molecule has 3 heteroatoms. The highest BCUT2D eigenvalue weighted by Crippen LogP contribution is 2.18. The van der Waals surface area contributed by atoms with Gasteiger partial charge in [0.05, 0.1) is 0 Å². The zero-order chi connectivity index (χ0) is 11.1. The fourth-order valence-corrected chi connectivity index (χ4v) is 2.06. The molecule has 1 rings (SSSR count). The van der Waals surface area contributed by atoms with Gasteiger partial charge < -0.3 is 10.6 Å². The molecule has 2 nitrogen and oxygen atoms in total. The van der Waals surface area contributed by atoms with Gasteiger partial charge in [-0.2, -0.15) is 0 Å². The summed E-state index contributed by atoms with van der Waals surface area (Å²) in [5.74, 6) is 0. The Morgan fingerprint density at radius 1 is 1.27 bits per heavy atom. The molecule has 0 aromatic carbocycles.